The summed E-state index contributed by atoms with van der Waals surface area (Å²) >= 11 is 1.77. The lowest BCUT2D eigenvalue weighted by molar-refractivity contribution is -0.130. The minimum atomic E-state index is -0.238. The molecule has 1 aromatic heterocycles. The van der Waals surface area contributed by atoms with Crippen LogP contribution in [0.15, 0.2) is 6.07 Å². The molecule has 0 radical (unpaired) electrons. The fraction of sp³-hybridized carbons (Fsp3) is 0.615. The van der Waals surface area contributed by atoms with Crippen LogP contribution in [0.2, 0.25) is 0 Å². The Hall–Kier alpha value is -0.870. The molecule has 3 nitrogen and oxygen atoms in total. The Kier molecular flexibility index (Phi) is 3.84. The van der Waals surface area contributed by atoms with Crippen molar-refractivity contribution in [3.63, 3.8) is 0 Å². The first-order valence-corrected chi connectivity index (χ1v) is 6.88. The van der Waals surface area contributed by atoms with E-state index in [4.69, 9.17) is 4.74 Å². The van der Waals surface area contributed by atoms with Gasteiger partial charge in [0.05, 0.1) is 6.04 Å². The normalized spacial score (nSPS) is 21.5. The van der Waals surface area contributed by atoms with Crippen LogP contribution in [-0.2, 0) is 9.53 Å². The van der Waals surface area contributed by atoms with Gasteiger partial charge in [0.1, 0.15) is 6.10 Å². The Morgan fingerprint density at radius 2 is 2.35 bits per heavy atom. The highest BCUT2D eigenvalue weighted by Crippen LogP contribution is 2.26. The van der Waals surface area contributed by atoms with Crippen LogP contribution >= 0.6 is 11.3 Å². The van der Waals surface area contributed by atoms with Gasteiger partial charge in [-0.2, -0.15) is 0 Å². The first-order chi connectivity index (χ1) is 8.08. The molecule has 0 unspecified atom stereocenters. The number of rotatable bonds is 3. The lowest BCUT2D eigenvalue weighted by Gasteiger charge is -2.16. The number of hydrogen-bond acceptors (Lipinski definition) is 3. The van der Waals surface area contributed by atoms with Crippen molar-refractivity contribution in [1.82, 2.24) is 5.32 Å². The maximum atomic E-state index is 11.9. The van der Waals surface area contributed by atoms with Crippen molar-refractivity contribution in [3.05, 3.63) is 21.4 Å². The van der Waals surface area contributed by atoms with E-state index in [1.54, 1.807) is 11.3 Å². The third kappa shape index (κ3) is 2.87. The maximum absolute atomic E-state index is 11.9. The zero-order valence-electron chi connectivity index (χ0n) is 10.6. The minimum Gasteiger partial charge on any atom is -0.368 e. The zero-order chi connectivity index (χ0) is 12.4. The molecule has 1 fully saturated rings. The molecule has 2 heterocycles. The number of hydrogen-bond donors (Lipinski definition) is 1. The highest BCUT2D eigenvalue weighted by atomic mass is 32.1. The Balaban J connectivity index is 1.98. The average Bonchev–Trinajstić information content (AvgIpc) is 2.87. The third-order valence-corrected chi connectivity index (χ3v) is 4.11. The van der Waals surface area contributed by atoms with Crippen molar-refractivity contribution in [3.8, 4) is 0 Å². The summed E-state index contributed by atoms with van der Waals surface area (Å²) in [4.78, 5) is 14.5. The molecule has 4 heteroatoms. The molecule has 17 heavy (non-hydrogen) atoms. The number of carbonyl (C=O) groups is 1. The van der Waals surface area contributed by atoms with Gasteiger partial charge in [-0.15, -0.1) is 11.3 Å². The van der Waals surface area contributed by atoms with Gasteiger partial charge in [-0.25, -0.2) is 0 Å². The third-order valence-electron chi connectivity index (χ3n) is 3.13. The van der Waals surface area contributed by atoms with Crippen molar-refractivity contribution in [2.24, 2.45) is 0 Å². The van der Waals surface area contributed by atoms with E-state index >= 15 is 0 Å². The van der Waals surface area contributed by atoms with Crippen LogP contribution < -0.4 is 5.32 Å². The Labute approximate surface area is 106 Å². The smallest absolute Gasteiger partial charge is 0.249 e. The molecule has 2 rings (SSSR count). The van der Waals surface area contributed by atoms with E-state index in [0.717, 1.165) is 12.8 Å². The topological polar surface area (TPSA) is 38.3 Å². The van der Waals surface area contributed by atoms with Gasteiger partial charge in [0.2, 0.25) is 5.91 Å². The van der Waals surface area contributed by atoms with Gasteiger partial charge in [0.15, 0.2) is 0 Å². The second-order valence-electron chi connectivity index (χ2n) is 4.60. The number of thiophene rings is 1. The number of ether oxygens (including phenoxy) is 1. The molecule has 0 aliphatic carbocycles. The second kappa shape index (κ2) is 5.19. The van der Waals surface area contributed by atoms with Crippen molar-refractivity contribution >= 4 is 17.2 Å². The van der Waals surface area contributed by atoms with Crippen molar-refractivity contribution in [1.29, 1.82) is 0 Å². The molecule has 1 aliphatic rings. The fourth-order valence-corrected chi connectivity index (χ4v) is 3.27. The van der Waals surface area contributed by atoms with E-state index in [2.05, 4.69) is 25.2 Å². The summed E-state index contributed by atoms with van der Waals surface area (Å²) in [7, 11) is 0. The quantitative estimate of drug-likeness (QED) is 0.899. The van der Waals surface area contributed by atoms with Crippen LogP contribution in [0, 0.1) is 13.8 Å². The second-order valence-corrected chi connectivity index (χ2v) is 6.06. The largest absolute Gasteiger partial charge is 0.368 e. The highest BCUT2D eigenvalue weighted by molar-refractivity contribution is 7.12. The summed E-state index contributed by atoms with van der Waals surface area (Å²) < 4.78 is 5.38. The van der Waals surface area contributed by atoms with Crippen LogP contribution in [-0.4, -0.2) is 18.6 Å². The Morgan fingerprint density at radius 3 is 2.88 bits per heavy atom. The Morgan fingerprint density at radius 1 is 1.59 bits per heavy atom. The summed E-state index contributed by atoms with van der Waals surface area (Å²) in [6, 6.07) is 2.22. The van der Waals surface area contributed by atoms with E-state index in [1.807, 2.05) is 6.92 Å². The van der Waals surface area contributed by atoms with E-state index in [1.165, 1.54) is 15.3 Å². The van der Waals surface area contributed by atoms with Crippen LogP contribution in [0.3, 0.4) is 0 Å². The molecule has 94 valence electrons. The first kappa shape index (κ1) is 12.6. The van der Waals surface area contributed by atoms with Gasteiger partial charge < -0.3 is 10.1 Å². The van der Waals surface area contributed by atoms with E-state index in [0.29, 0.717) is 6.61 Å². The summed E-state index contributed by atoms with van der Waals surface area (Å²) in [5.74, 6) is 0.0262. The molecule has 0 saturated carbocycles. The predicted octanol–water partition coefficient (Wildman–Crippen LogP) is 2.72. The standard InChI is InChI=1S/C13H19NO2S/c1-8-7-11(10(3)17-8)9(2)14-13(15)12-5-4-6-16-12/h7,9,12H,4-6H2,1-3H3,(H,14,15)/t9-,12+/m0/s1. The highest BCUT2D eigenvalue weighted by Gasteiger charge is 2.25. The van der Waals surface area contributed by atoms with Crippen LogP contribution in [0.5, 0.6) is 0 Å². The average molecular weight is 253 g/mol. The first-order valence-electron chi connectivity index (χ1n) is 6.07. The molecule has 0 aromatic carbocycles. The monoisotopic (exact) mass is 253 g/mol. The predicted molar refractivity (Wildman–Crippen MR) is 69.3 cm³/mol. The van der Waals surface area contributed by atoms with Gasteiger partial charge in [-0.1, -0.05) is 0 Å². The van der Waals surface area contributed by atoms with Gasteiger partial charge >= 0.3 is 0 Å². The summed E-state index contributed by atoms with van der Waals surface area (Å²) in [6.07, 6.45) is 1.60. The van der Waals surface area contributed by atoms with Crippen LogP contribution in [0.25, 0.3) is 0 Å². The fourth-order valence-electron chi connectivity index (χ4n) is 2.25. The molecule has 1 aliphatic heterocycles. The van der Waals surface area contributed by atoms with Crippen molar-refractivity contribution < 1.29 is 9.53 Å². The van der Waals surface area contributed by atoms with E-state index < -0.39 is 0 Å². The van der Waals surface area contributed by atoms with Crippen LogP contribution in [0.1, 0.15) is 41.1 Å². The summed E-state index contributed by atoms with van der Waals surface area (Å²) in [6.45, 7) is 6.93. The van der Waals surface area contributed by atoms with Gasteiger partial charge in [-0.05, 0) is 45.2 Å². The molecule has 2 atom stereocenters. The molecule has 1 aromatic rings. The molecule has 0 spiro atoms. The van der Waals surface area contributed by atoms with Gasteiger partial charge in [-0.3, -0.25) is 4.79 Å². The maximum Gasteiger partial charge on any atom is 0.249 e. The van der Waals surface area contributed by atoms with E-state index in [9.17, 15) is 4.79 Å². The SMILES string of the molecule is Cc1cc([C@H](C)NC(=O)[C@H]2CCCO2)c(C)s1. The molecule has 0 bridgehead atoms. The van der Waals surface area contributed by atoms with Crippen molar-refractivity contribution in [2.75, 3.05) is 6.61 Å². The molecule has 1 saturated heterocycles. The summed E-state index contributed by atoms with van der Waals surface area (Å²) in [5, 5.41) is 3.04. The Bertz CT molecular complexity index is 408. The zero-order valence-corrected chi connectivity index (χ0v) is 11.4. The van der Waals surface area contributed by atoms with Crippen LogP contribution in [0.4, 0.5) is 0 Å². The number of amides is 1. The number of carbonyl (C=O) groups excluding carboxylic acids is 1. The molecular formula is C13H19NO2S. The van der Waals surface area contributed by atoms with Gasteiger partial charge in [0, 0.05) is 16.4 Å². The van der Waals surface area contributed by atoms with Crippen molar-refractivity contribution in [2.45, 2.75) is 45.8 Å². The lowest BCUT2D eigenvalue weighted by Crippen LogP contribution is -2.35. The summed E-state index contributed by atoms with van der Waals surface area (Å²) in [5.41, 5.74) is 1.22. The molecule has 1 N–H and O–H groups in total. The number of aryl methyl sites for hydroxylation is 2. The van der Waals surface area contributed by atoms with E-state index in [-0.39, 0.29) is 18.1 Å². The molecular weight excluding hydrogens is 234 g/mol. The van der Waals surface area contributed by atoms with Gasteiger partial charge in [0.25, 0.3) is 0 Å². The number of nitrogens with one attached hydrogen (secondary N) is 1. The molecule has 1 amide bonds. The lowest BCUT2D eigenvalue weighted by atomic mass is 10.1. The minimum absolute atomic E-state index is 0.0262.